The van der Waals surface area contributed by atoms with Gasteiger partial charge in [0, 0.05) is 18.6 Å². The van der Waals surface area contributed by atoms with Gasteiger partial charge in [-0.1, -0.05) is 26.7 Å². The SMILES string of the molecule is CCNC(CO)CN1CCCCCC1CC. The van der Waals surface area contributed by atoms with Crippen molar-refractivity contribution in [2.24, 2.45) is 0 Å². The van der Waals surface area contributed by atoms with E-state index in [0.29, 0.717) is 0 Å². The highest BCUT2D eigenvalue weighted by atomic mass is 16.3. The topological polar surface area (TPSA) is 35.5 Å². The number of aliphatic hydroxyl groups is 1. The summed E-state index contributed by atoms with van der Waals surface area (Å²) in [6, 6.07) is 0.979. The highest BCUT2D eigenvalue weighted by Crippen LogP contribution is 2.19. The number of rotatable bonds is 6. The molecule has 1 fully saturated rings. The van der Waals surface area contributed by atoms with Gasteiger partial charge >= 0.3 is 0 Å². The second-order valence-corrected chi connectivity index (χ2v) is 4.84. The molecule has 0 aromatic carbocycles. The van der Waals surface area contributed by atoms with Crippen LogP contribution in [0.3, 0.4) is 0 Å². The van der Waals surface area contributed by atoms with Crippen molar-refractivity contribution in [2.45, 2.75) is 58.0 Å². The van der Waals surface area contributed by atoms with Gasteiger partial charge in [0.05, 0.1) is 6.61 Å². The lowest BCUT2D eigenvalue weighted by Gasteiger charge is -2.32. The van der Waals surface area contributed by atoms with Gasteiger partial charge in [-0.15, -0.1) is 0 Å². The van der Waals surface area contributed by atoms with E-state index in [-0.39, 0.29) is 12.6 Å². The Bertz CT molecular complexity index is 175. The fourth-order valence-electron chi connectivity index (χ4n) is 2.70. The number of likely N-dealkylation sites (N-methyl/N-ethyl adjacent to an activating group) is 1. The van der Waals surface area contributed by atoms with Gasteiger partial charge in [-0.05, 0) is 32.4 Å². The third-order valence-electron chi connectivity index (χ3n) is 3.64. The molecule has 1 saturated heterocycles. The maximum Gasteiger partial charge on any atom is 0.0597 e. The number of aliphatic hydroxyl groups excluding tert-OH is 1. The lowest BCUT2D eigenvalue weighted by molar-refractivity contribution is 0.144. The van der Waals surface area contributed by atoms with Crippen molar-refractivity contribution in [3.8, 4) is 0 Å². The minimum Gasteiger partial charge on any atom is -0.395 e. The highest BCUT2D eigenvalue weighted by Gasteiger charge is 2.21. The van der Waals surface area contributed by atoms with Crippen LogP contribution >= 0.6 is 0 Å². The molecule has 0 aliphatic carbocycles. The van der Waals surface area contributed by atoms with E-state index in [0.717, 1.165) is 19.1 Å². The fourth-order valence-corrected chi connectivity index (χ4v) is 2.70. The van der Waals surface area contributed by atoms with Gasteiger partial charge in [-0.3, -0.25) is 4.90 Å². The van der Waals surface area contributed by atoms with E-state index in [4.69, 9.17) is 0 Å². The quantitative estimate of drug-likeness (QED) is 0.725. The first kappa shape index (κ1) is 13.9. The summed E-state index contributed by atoms with van der Waals surface area (Å²) in [5, 5.41) is 12.7. The van der Waals surface area contributed by atoms with Crippen LogP contribution in [0.15, 0.2) is 0 Å². The number of nitrogens with one attached hydrogen (secondary N) is 1. The smallest absolute Gasteiger partial charge is 0.0597 e. The molecule has 0 radical (unpaired) electrons. The summed E-state index contributed by atoms with van der Waals surface area (Å²) in [7, 11) is 0. The van der Waals surface area contributed by atoms with Crippen molar-refractivity contribution in [2.75, 3.05) is 26.2 Å². The Balaban J connectivity index is 2.46. The Kier molecular flexibility index (Phi) is 7.01. The molecule has 3 nitrogen and oxygen atoms in total. The summed E-state index contributed by atoms with van der Waals surface area (Å²) in [6.45, 7) is 7.78. The average Bonchev–Trinajstić information content (AvgIpc) is 2.53. The van der Waals surface area contributed by atoms with E-state index >= 15 is 0 Å². The molecule has 0 bridgehead atoms. The highest BCUT2D eigenvalue weighted by molar-refractivity contribution is 4.79. The predicted molar refractivity (Wildman–Crippen MR) is 68.7 cm³/mol. The van der Waals surface area contributed by atoms with Gasteiger partial charge in [0.2, 0.25) is 0 Å². The summed E-state index contributed by atoms with van der Waals surface area (Å²) in [5.41, 5.74) is 0. The molecule has 2 atom stereocenters. The minimum absolute atomic E-state index is 0.247. The number of nitrogens with zero attached hydrogens (tertiary/aromatic N) is 1. The summed E-state index contributed by atoms with van der Waals surface area (Å²) in [6.07, 6.45) is 6.64. The van der Waals surface area contributed by atoms with Crippen LogP contribution in [0.5, 0.6) is 0 Å². The first-order chi connectivity index (χ1) is 7.81. The van der Waals surface area contributed by atoms with Crippen LogP contribution in [0, 0.1) is 0 Å². The Morgan fingerprint density at radius 2 is 2.12 bits per heavy atom. The van der Waals surface area contributed by atoms with Gasteiger partial charge in [-0.25, -0.2) is 0 Å². The molecule has 96 valence electrons. The van der Waals surface area contributed by atoms with Crippen LogP contribution in [0.25, 0.3) is 0 Å². The molecule has 2 unspecified atom stereocenters. The molecular weight excluding hydrogens is 200 g/mol. The maximum absolute atomic E-state index is 9.33. The van der Waals surface area contributed by atoms with Crippen molar-refractivity contribution in [1.29, 1.82) is 0 Å². The summed E-state index contributed by atoms with van der Waals surface area (Å²) in [5.74, 6) is 0. The Morgan fingerprint density at radius 3 is 2.75 bits per heavy atom. The van der Waals surface area contributed by atoms with E-state index < -0.39 is 0 Å². The zero-order valence-electron chi connectivity index (χ0n) is 10.9. The second-order valence-electron chi connectivity index (χ2n) is 4.84. The fraction of sp³-hybridized carbons (Fsp3) is 1.00. The lowest BCUT2D eigenvalue weighted by Crippen LogP contribution is -2.46. The summed E-state index contributed by atoms with van der Waals surface area (Å²) < 4.78 is 0. The zero-order valence-corrected chi connectivity index (χ0v) is 10.9. The van der Waals surface area contributed by atoms with Crippen LogP contribution in [0.4, 0.5) is 0 Å². The van der Waals surface area contributed by atoms with E-state index in [9.17, 15) is 5.11 Å². The molecule has 1 heterocycles. The van der Waals surface area contributed by atoms with Crippen LogP contribution < -0.4 is 5.32 Å². The van der Waals surface area contributed by atoms with E-state index in [1.165, 1.54) is 38.6 Å². The third-order valence-corrected chi connectivity index (χ3v) is 3.64. The molecule has 0 spiro atoms. The monoisotopic (exact) mass is 228 g/mol. The van der Waals surface area contributed by atoms with Gasteiger partial charge in [0.1, 0.15) is 0 Å². The largest absolute Gasteiger partial charge is 0.395 e. The van der Waals surface area contributed by atoms with Crippen molar-refractivity contribution in [1.82, 2.24) is 10.2 Å². The summed E-state index contributed by atoms with van der Waals surface area (Å²) in [4.78, 5) is 2.58. The molecule has 1 rings (SSSR count). The third kappa shape index (κ3) is 4.40. The molecule has 0 amide bonds. The van der Waals surface area contributed by atoms with Crippen molar-refractivity contribution >= 4 is 0 Å². The first-order valence-electron chi connectivity index (χ1n) is 6.90. The van der Waals surface area contributed by atoms with Crippen molar-refractivity contribution in [3.63, 3.8) is 0 Å². The molecule has 0 saturated carbocycles. The Morgan fingerprint density at radius 1 is 1.31 bits per heavy atom. The molecular formula is C13H28N2O. The van der Waals surface area contributed by atoms with Crippen molar-refractivity contribution < 1.29 is 5.11 Å². The second kappa shape index (κ2) is 8.04. The van der Waals surface area contributed by atoms with Crippen LogP contribution in [0.1, 0.15) is 46.0 Å². The maximum atomic E-state index is 9.33. The number of hydrogen-bond donors (Lipinski definition) is 2. The zero-order chi connectivity index (χ0) is 11.8. The number of hydrogen-bond acceptors (Lipinski definition) is 3. The standard InChI is InChI=1S/C13H28N2O/c1-3-13-8-6-5-7-9-15(13)10-12(11-16)14-4-2/h12-14,16H,3-11H2,1-2H3. The molecule has 1 aliphatic rings. The van der Waals surface area contributed by atoms with Crippen LogP contribution in [-0.4, -0.2) is 48.3 Å². The normalized spacial score (nSPS) is 25.3. The van der Waals surface area contributed by atoms with Gasteiger partial charge in [0.15, 0.2) is 0 Å². The molecule has 2 N–H and O–H groups in total. The molecule has 1 aliphatic heterocycles. The summed E-state index contributed by atoms with van der Waals surface area (Å²) >= 11 is 0. The number of likely N-dealkylation sites (tertiary alicyclic amines) is 1. The lowest BCUT2D eigenvalue weighted by atomic mass is 10.1. The Labute approximate surface area is 100 Å². The van der Waals surface area contributed by atoms with E-state index in [1.807, 2.05) is 0 Å². The Hall–Kier alpha value is -0.120. The van der Waals surface area contributed by atoms with Gasteiger partial charge < -0.3 is 10.4 Å². The first-order valence-corrected chi connectivity index (χ1v) is 6.90. The van der Waals surface area contributed by atoms with E-state index in [1.54, 1.807) is 0 Å². The average molecular weight is 228 g/mol. The predicted octanol–water partition coefficient (Wildman–Crippen LogP) is 1.61. The minimum atomic E-state index is 0.247. The molecule has 3 heteroatoms. The van der Waals surface area contributed by atoms with Gasteiger partial charge in [-0.2, -0.15) is 0 Å². The van der Waals surface area contributed by atoms with Crippen LogP contribution in [0.2, 0.25) is 0 Å². The van der Waals surface area contributed by atoms with Crippen LogP contribution in [-0.2, 0) is 0 Å². The van der Waals surface area contributed by atoms with Crippen molar-refractivity contribution in [3.05, 3.63) is 0 Å². The van der Waals surface area contributed by atoms with E-state index in [2.05, 4.69) is 24.1 Å². The molecule has 16 heavy (non-hydrogen) atoms. The molecule has 0 aromatic heterocycles. The molecule has 0 aromatic rings. The van der Waals surface area contributed by atoms with Gasteiger partial charge in [0.25, 0.3) is 0 Å².